The molecule has 7 nitrogen and oxygen atoms in total. The van der Waals surface area contributed by atoms with E-state index in [1.807, 2.05) is 0 Å². The van der Waals surface area contributed by atoms with Crippen LogP contribution in [0.15, 0.2) is 48.5 Å². The number of carbonyl (C=O) groups excluding carboxylic acids is 2. The molecule has 2 aromatic rings. The number of alkyl halides is 3. The lowest BCUT2D eigenvalue weighted by Gasteiger charge is -2.26. The number of nitrogens with one attached hydrogen (secondary N) is 1. The fourth-order valence-corrected chi connectivity index (χ4v) is 5.80. The summed E-state index contributed by atoms with van der Waals surface area (Å²) in [5.74, 6) is -0.573. The Bertz CT molecular complexity index is 1180. The van der Waals surface area contributed by atoms with Gasteiger partial charge in [0, 0.05) is 31.6 Å². The van der Waals surface area contributed by atoms with Crippen LogP contribution in [0.1, 0.15) is 46.8 Å². The number of amides is 2. The Morgan fingerprint density at radius 1 is 1.06 bits per heavy atom. The van der Waals surface area contributed by atoms with Gasteiger partial charge in [0.1, 0.15) is 0 Å². The highest BCUT2D eigenvalue weighted by Gasteiger charge is 2.32. The predicted molar refractivity (Wildman–Crippen MR) is 120 cm³/mol. The number of rotatable bonds is 6. The molecule has 2 amide bonds. The Kier molecular flexibility index (Phi) is 6.57. The number of nitrogens with zero attached hydrogens (tertiary/aromatic N) is 2. The predicted octanol–water partition coefficient (Wildman–Crippen LogP) is 3.34. The first-order valence-corrected chi connectivity index (χ1v) is 12.5. The third-order valence-corrected chi connectivity index (χ3v) is 7.88. The highest BCUT2D eigenvalue weighted by molar-refractivity contribution is 7.93. The van der Waals surface area contributed by atoms with Gasteiger partial charge in [-0.25, -0.2) is 8.42 Å². The van der Waals surface area contributed by atoms with Gasteiger partial charge in [0.25, 0.3) is 5.91 Å². The zero-order chi connectivity index (χ0) is 24.5. The molecule has 0 aliphatic carbocycles. The summed E-state index contributed by atoms with van der Waals surface area (Å²) in [4.78, 5) is 26.6. The Balaban J connectivity index is 1.56. The molecule has 1 atom stereocenters. The molecule has 2 fully saturated rings. The first-order chi connectivity index (χ1) is 16.0. The number of benzene rings is 2. The molecule has 0 radical (unpaired) electrons. The van der Waals surface area contributed by atoms with Gasteiger partial charge in [-0.05, 0) is 54.8 Å². The summed E-state index contributed by atoms with van der Waals surface area (Å²) in [5.41, 5.74) is 0.0760. The van der Waals surface area contributed by atoms with Crippen molar-refractivity contribution in [2.75, 3.05) is 29.7 Å². The van der Waals surface area contributed by atoms with Crippen molar-refractivity contribution in [2.45, 2.75) is 31.5 Å². The smallest absolute Gasteiger partial charge is 0.343 e. The fourth-order valence-electron chi connectivity index (χ4n) is 4.23. The van der Waals surface area contributed by atoms with E-state index in [-0.39, 0.29) is 29.3 Å². The van der Waals surface area contributed by atoms with Gasteiger partial charge in [-0.15, -0.1) is 0 Å². The van der Waals surface area contributed by atoms with Crippen LogP contribution in [0, 0.1) is 0 Å². The Morgan fingerprint density at radius 3 is 2.38 bits per heavy atom. The molecule has 0 bridgehead atoms. The van der Waals surface area contributed by atoms with Crippen molar-refractivity contribution in [3.8, 4) is 0 Å². The molecule has 2 aromatic carbocycles. The highest BCUT2D eigenvalue weighted by Crippen LogP contribution is 2.31. The first-order valence-electron chi connectivity index (χ1n) is 10.9. The number of sulfonamides is 1. The van der Waals surface area contributed by atoms with Crippen LogP contribution in [0.2, 0.25) is 0 Å². The summed E-state index contributed by atoms with van der Waals surface area (Å²) in [6.45, 7) is 0.897. The minimum Gasteiger partial charge on any atom is -0.343 e. The summed E-state index contributed by atoms with van der Waals surface area (Å²) in [5, 5.41) is 2.75. The van der Waals surface area contributed by atoms with Crippen LogP contribution in [-0.4, -0.2) is 50.5 Å². The van der Waals surface area contributed by atoms with Crippen LogP contribution >= 0.6 is 0 Å². The van der Waals surface area contributed by atoms with E-state index in [1.54, 1.807) is 0 Å². The molecule has 1 unspecified atom stereocenters. The van der Waals surface area contributed by atoms with Gasteiger partial charge in [-0.1, -0.05) is 12.1 Å². The molecule has 0 aromatic heterocycles. The molecular weight excluding hydrogens is 471 g/mol. The summed E-state index contributed by atoms with van der Waals surface area (Å²) >= 11 is 0. The largest absolute Gasteiger partial charge is 0.416 e. The van der Waals surface area contributed by atoms with Crippen LogP contribution in [0.25, 0.3) is 0 Å². The maximum Gasteiger partial charge on any atom is 0.416 e. The summed E-state index contributed by atoms with van der Waals surface area (Å²) in [6.07, 6.45) is -2.99. The molecule has 182 valence electrons. The van der Waals surface area contributed by atoms with Crippen molar-refractivity contribution in [1.29, 1.82) is 0 Å². The average molecular weight is 496 g/mol. The van der Waals surface area contributed by atoms with E-state index in [2.05, 4.69) is 5.32 Å². The first kappa shape index (κ1) is 24.1. The van der Waals surface area contributed by atoms with E-state index in [9.17, 15) is 31.2 Å². The van der Waals surface area contributed by atoms with Gasteiger partial charge >= 0.3 is 6.18 Å². The second kappa shape index (κ2) is 9.28. The Labute approximate surface area is 195 Å². The third kappa shape index (κ3) is 5.19. The molecule has 1 N–H and O–H groups in total. The van der Waals surface area contributed by atoms with E-state index in [0.717, 1.165) is 12.1 Å². The van der Waals surface area contributed by atoms with Crippen LogP contribution in [0.5, 0.6) is 0 Å². The van der Waals surface area contributed by atoms with Gasteiger partial charge in [-0.3, -0.25) is 13.9 Å². The maximum atomic E-state index is 13.2. The van der Waals surface area contributed by atoms with Crippen molar-refractivity contribution in [2.24, 2.45) is 0 Å². The van der Waals surface area contributed by atoms with Crippen LogP contribution in [0.4, 0.5) is 18.9 Å². The molecule has 0 spiro atoms. The molecule has 2 heterocycles. The van der Waals surface area contributed by atoms with Crippen LogP contribution in [0.3, 0.4) is 0 Å². The zero-order valence-electron chi connectivity index (χ0n) is 18.2. The molecule has 11 heteroatoms. The lowest BCUT2D eigenvalue weighted by molar-refractivity contribution is -0.137. The van der Waals surface area contributed by atoms with Crippen molar-refractivity contribution < 1.29 is 31.2 Å². The monoisotopic (exact) mass is 495 g/mol. The van der Waals surface area contributed by atoms with Crippen LogP contribution in [-0.2, 0) is 21.0 Å². The fraction of sp³-hybridized carbons (Fsp3) is 0.391. The van der Waals surface area contributed by atoms with E-state index in [1.165, 1.54) is 45.6 Å². The Hall–Kier alpha value is -3.08. The number of carbonyl (C=O) groups is 2. The van der Waals surface area contributed by atoms with Gasteiger partial charge in [0.15, 0.2) is 0 Å². The molecule has 34 heavy (non-hydrogen) atoms. The van der Waals surface area contributed by atoms with E-state index in [0.29, 0.717) is 38.0 Å². The maximum absolute atomic E-state index is 13.2. The normalized spacial score (nSPS) is 18.9. The number of hydrogen-bond donors (Lipinski definition) is 1. The standard InChI is InChI=1S/C23H24F3N3O4S/c24-23(25,26)18-5-1-4-17(14-18)20(15-28-11-2-6-21(28)30)27-22(31)16-7-9-19(10-8-16)29-12-3-13-34(29,32)33/h1,4-5,7-10,14,20H,2-3,6,11-13,15H2,(H,27,31). The summed E-state index contributed by atoms with van der Waals surface area (Å²) in [7, 11) is -3.36. The highest BCUT2D eigenvalue weighted by atomic mass is 32.2. The number of anilines is 1. The van der Waals surface area contributed by atoms with Crippen molar-refractivity contribution in [3.63, 3.8) is 0 Å². The molecule has 4 rings (SSSR count). The quantitative estimate of drug-likeness (QED) is 0.666. The van der Waals surface area contributed by atoms with Crippen LogP contribution < -0.4 is 9.62 Å². The van der Waals surface area contributed by atoms with Gasteiger partial charge in [-0.2, -0.15) is 13.2 Å². The molecular formula is C23H24F3N3O4S. The van der Waals surface area contributed by atoms with Gasteiger partial charge in [0.2, 0.25) is 15.9 Å². The number of hydrogen-bond acceptors (Lipinski definition) is 4. The van der Waals surface area contributed by atoms with E-state index >= 15 is 0 Å². The van der Waals surface area contributed by atoms with E-state index < -0.39 is 33.7 Å². The SMILES string of the molecule is O=C(NC(CN1CCCC1=O)c1cccc(C(F)(F)F)c1)c1ccc(N2CCCS2(=O)=O)cc1. The topological polar surface area (TPSA) is 86.8 Å². The molecule has 0 saturated carbocycles. The molecule has 2 aliphatic heterocycles. The lowest BCUT2D eigenvalue weighted by atomic mass is 10.0. The zero-order valence-corrected chi connectivity index (χ0v) is 19.0. The van der Waals surface area contributed by atoms with Crippen molar-refractivity contribution in [3.05, 3.63) is 65.2 Å². The second-order valence-electron chi connectivity index (χ2n) is 8.38. The molecule has 2 aliphatic rings. The van der Waals surface area contributed by atoms with Crippen molar-refractivity contribution >= 4 is 27.5 Å². The van der Waals surface area contributed by atoms with E-state index in [4.69, 9.17) is 0 Å². The van der Waals surface area contributed by atoms with Gasteiger partial charge < -0.3 is 10.2 Å². The number of likely N-dealkylation sites (tertiary alicyclic amines) is 1. The summed E-state index contributed by atoms with van der Waals surface area (Å²) in [6, 6.07) is 9.85. The lowest BCUT2D eigenvalue weighted by Crippen LogP contribution is -2.38. The molecule has 2 saturated heterocycles. The Morgan fingerprint density at radius 2 is 1.79 bits per heavy atom. The third-order valence-electron chi connectivity index (χ3n) is 6.01. The minimum absolute atomic E-state index is 0.0516. The second-order valence-corrected chi connectivity index (χ2v) is 10.4. The number of halogens is 3. The minimum atomic E-state index is -4.54. The summed E-state index contributed by atoms with van der Waals surface area (Å²) < 4.78 is 65.2. The van der Waals surface area contributed by atoms with Gasteiger partial charge in [0.05, 0.1) is 23.0 Å². The van der Waals surface area contributed by atoms with Crippen molar-refractivity contribution in [1.82, 2.24) is 10.2 Å². The average Bonchev–Trinajstić information content (AvgIpc) is 3.36.